The van der Waals surface area contributed by atoms with Crippen molar-refractivity contribution in [2.75, 3.05) is 6.54 Å². The molecule has 0 saturated carbocycles. The monoisotopic (exact) mass is 297 g/mol. The number of rotatable bonds is 6. The Morgan fingerprint density at radius 3 is 2.53 bits per heavy atom. The van der Waals surface area contributed by atoms with Gasteiger partial charge in [0, 0.05) is 18.5 Å². The van der Waals surface area contributed by atoms with Crippen LogP contribution in [0.3, 0.4) is 0 Å². The van der Waals surface area contributed by atoms with Gasteiger partial charge < -0.3 is 5.32 Å². The van der Waals surface area contributed by atoms with Gasteiger partial charge in [-0.15, -0.1) is 0 Å². The third-order valence-electron chi connectivity index (χ3n) is 2.28. The Morgan fingerprint density at radius 1 is 1.29 bits per heavy atom. The molecule has 0 saturated heterocycles. The van der Waals surface area contributed by atoms with Gasteiger partial charge in [-0.2, -0.15) is 0 Å². The molecule has 0 fully saturated rings. The van der Waals surface area contributed by atoms with E-state index >= 15 is 0 Å². The van der Waals surface area contributed by atoms with Crippen LogP contribution in [-0.4, -0.2) is 23.1 Å². The van der Waals surface area contributed by atoms with Crippen molar-refractivity contribution in [3.05, 3.63) is 35.9 Å². The molecular weight excluding hydrogens is 282 g/mol. The van der Waals surface area contributed by atoms with E-state index in [2.05, 4.69) is 21.2 Å². The lowest BCUT2D eigenvalue weighted by atomic mass is 10.1. The first-order valence-corrected chi connectivity index (χ1v) is 6.56. The average Bonchev–Trinajstić information content (AvgIpc) is 2.36. The van der Waals surface area contributed by atoms with Gasteiger partial charge in [0.25, 0.3) is 0 Å². The SMILES string of the molecule is CCCNC(=O)CC(Br)C(=O)c1ccccc1. The van der Waals surface area contributed by atoms with Crippen molar-refractivity contribution in [2.24, 2.45) is 0 Å². The van der Waals surface area contributed by atoms with Crippen LogP contribution in [0.4, 0.5) is 0 Å². The standard InChI is InChI=1S/C13H16BrNO2/c1-2-8-15-12(16)9-11(14)13(17)10-6-4-3-5-7-10/h3-7,11H,2,8-9H2,1H3,(H,15,16). The summed E-state index contributed by atoms with van der Waals surface area (Å²) in [6.07, 6.45) is 1.07. The van der Waals surface area contributed by atoms with Gasteiger partial charge in [-0.25, -0.2) is 0 Å². The van der Waals surface area contributed by atoms with Crippen LogP contribution in [0.15, 0.2) is 30.3 Å². The van der Waals surface area contributed by atoms with E-state index in [0.29, 0.717) is 12.1 Å². The first kappa shape index (κ1) is 13.9. The summed E-state index contributed by atoms with van der Waals surface area (Å²) < 4.78 is 0. The van der Waals surface area contributed by atoms with Gasteiger partial charge in [-0.1, -0.05) is 53.2 Å². The fourth-order valence-corrected chi connectivity index (χ4v) is 1.93. The summed E-state index contributed by atoms with van der Waals surface area (Å²) in [7, 11) is 0. The topological polar surface area (TPSA) is 46.2 Å². The Kier molecular flexibility index (Phi) is 5.91. The number of amides is 1. The smallest absolute Gasteiger partial charge is 0.221 e. The maximum atomic E-state index is 11.9. The second-order valence-electron chi connectivity index (χ2n) is 3.75. The minimum Gasteiger partial charge on any atom is -0.356 e. The Labute approximate surface area is 110 Å². The number of hydrogen-bond donors (Lipinski definition) is 1. The molecular formula is C13H16BrNO2. The molecule has 1 unspecified atom stereocenters. The molecule has 0 aromatic heterocycles. The fraction of sp³-hybridized carbons (Fsp3) is 0.385. The first-order valence-electron chi connectivity index (χ1n) is 5.65. The minimum absolute atomic E-state index is 0.0581. The molecule has 92 valence electrons. The second kappa shape index (κ2) is 7.22. The van der Waals surface area contributed by atoms with Crippen LogP contribution in [0.1, 0.15) is 30.1 Å². The maximum absolute atomic E-state index is 11.9. The summed E-state index contributed by atoms with van der Waals surface area (Å²) >= 11 is 3.26. The van der Waals surface area contributed by atoms with Crippen LogP contribution in [0.2, 0.25) is 0 Å². The van der Waals surface area contributed by atoms with E-state index < -0.39 is 4.83 Å². The lowest BCUT2D eigenvalue weighted by molar-refractivity contribution is -0.120. The Bertz CT molecular complexity index is 378. The summed E-state index contributed by atoms with van der Waals surface area (Å²) in [5.74, 6) is -0.157. The molecule has 0 aliphatic heterocycles. The third kappa shape index (κ3) is 4.69. The fourth-order valence-electron chi connectivity index (χ4n) is 1.38. The van der Waals surface area contributed by atoms with Crippen LogP contribution in [0, 0.1) is 0 Å². The van der Waals surface area contributed by atoms with E-state index in [1.165, 1.54) is 0 Å². The summed E-state index contributed by atoms with van der Waals surface area (Å²) in [5.41, 5.74) is 0.623. The summed E-state index contributed by atoms with van der Waals surface area (Å²) in [6.45, 7) is 2.64. The number of ketones is 1. The lowest BCUT2D eigenvalue weighted by Crippen LogP contribution is -2.29. The van der Waals surface area contributed by atoms with Crippen molar-refractivity contribution in [3.63, 3.8) is 0 Å². The molecule has 1 rings (SSSR count). The lowest BCUT2D eigenvalue weighted by Gasteiger charge is -2.09. The van der Waals surface area contributed by atoms with Crippen molar-refractivity contribution in [2.45, 2.75) is 24.6 Å². The number of hydrogen-bond acceptors (Lipinski definition) is 2. The molecule has 0 aliphatic carbocycles. The second-order valence-corrected chi connectivity index (χ2v) is 4.86. The van der Waals surface area contributed by atoms with E-state index in [-0.39, 0.29) is 18.1 Å². The predicted octanol–water partition coefficient (Wildman–Crippen LogP) is 2.55. The molecule has 0 bridgehead atoms. The van der Waals surface area contributed by atoms with E-state index in [4.69, 9.17) is 0 Å². The molecule has 17 heavy (non-hydrogen) atoms. The average molecular weight is 298 g/mol. The highest BCUT2D eigenvalue weighted by Crippen LogP contribution is 2.13. The van der Waals surface area contributed by atoms with E-state index in [9.17, 15) is 9.59 Å². The zero-order valence-electron chi connectivity index (χ0n) is 9.78. The minimum atomic E-state index is -0.457. The number of nitrogens with one attached hydrogen (secondary N) is 1. The van der Waals surface area contributed by atoms with Crippen LogP contribution >= 0.6 is 15.9 Å². The molecule has 0 heterocycles. The summed E-state index contributed by atoms with van der Waals surface area (Å²) in [5, 5.41) is 2.75. The first-order chi connectivity index (χ1) is 8.15. The van der Waals surface area contributed by atoms with Gasteiger partial charge in [0.15, 0.2) is 5.78 Å². The van der Waals surface area contributed by atoms with Crippen molar-refractivity contribution < 1.29 is 9.59 Å². The predicted molar refractivity (Wildman–Crippen MR) is 71.4 cm³/mol. The Balaban J connectivity index is 2.50. The quantitative estimate of drug-likeness (QED) is 0.648. The number of Topliss-reactive ketones (excluding diaryl/α,β-unsaturated/α-hetero) is 1. The number of benzene rings is 1. The number of halogens is 1. The van der Waals surface area contributed by atoms with Crippen molar-refractivity contribution in [1.82, 2.24) is 5.32 Å². The van der Waals surface area contributed by atoms with Crippen molar-refractivity contribution in [3.8, 4) is 0 Å². The summed E-state index contributed by atoms with van der Waals surface area (Å²) in [4.78, 5) is 22.9. The molecule has 1 amide bonds. The molecule has 1 aromatic carbocycles. The molecule has 1 aromatic rings. The van der Waals surface area contributed by atoms with E-state index in [1.54, 1.807) is 12.1 Å². The molecule has 0 radical (unpaired) electrons. The van der Waals surface area contributed by atoms with Crippen molar-refractivity contribution in [1.29, 1.82) is 0 Å². The highest BCUT2D eigenvalue weighted by atomic mass is 79.9. The molecule has 0 aliphatic rings. The van der Waals surface area contributed by atoms with Crippen LogP contribution in [-0.2, 0) is 4.79 Å². The highest BCUT2D eigenvalue weighted by Gasteiger charge is 2.19. The van der Waals surface area contributed by atoms with Crippen molar-refractivity contribution >= 4 is 27.6 Å². The van der Waals surface area contributed by atoms with Gasteiger partial charge in [0.1, 0.15) is 0 Å². The third-order valence-corrected chi connectivity index (χ3v) is 3.02. The molecule has 4 heteroatoms. The van der Waals surface area contributed by atoms with Gasteiger partial charge in [-0.3, -0.25) is 9.59 Å². The van der Waals surface area contributed by atoms with Crippen LogP contribution in [0.25, 0.3) is 0 Å². The largest absolute Gasteiger partial charge is 0.356 e. The van der Waals surface area contributed by atoms with Crippen LogP contribution < -0.4 is 5.32 Å². The molecule has 1 N–H and O–H groups in total. The molecule has 3 nitrogen and oxygen atoms in total. The Morgan fingerprint density at radius 2 is 1.94 bits per heavy atom. The van der Waals surface area contributed by atoms with Gasteiger partial charge in [0.2, 0.25) is 5.91 Å². The zero-order chi connectivity index (χ0) is 12.7. The molecule has 0 spiro atoms. The van der Waals surface area contributed by atoms with Gasteiger partial charge in [-0.05, 0) is 6.42 Å². The van der Waals surface area contributed by atoms with Gasteiger partial charge in [0.05, 0.1) is 4.83 Å². The maximum Gasteiger partial charge on any atom is 0.221 e. The van der Waals surface area contributed by atoms with E-state index in [1.807, 2.05) is 25.1 Å². The number of carbonyl (C=O) groups is 2. The zero-order valence-corrected chi connectivity index (χ0v) is 11.4. The van der Waals surface area contributed by atoms with Crippen LogP contribution in [0.5, 0.6) is 0 Å². The van der Waals surface area contributed by atoms with E-state index in [0.717, 1.165) is 6.42 Å². The molecule has 1 atom stereocenters. The normalized spacial score (nSPS) is 11.9. The number of alkyl halides is 1. The number of carbonyl (C=O) groups excluding carboxylic acids is 2. The Hall–Kier alpha value is -1.16. The van der Waals surface area contributed by atoms with Gasteiger partial charge >= 0.3 is 0 Å². The summed E-state index contributed by atoms with van der Waals surface area (Å²) in [6, 6.07) is 8.98. The highest BCUT2D eigenvalue weighted by molar-refractivity contribution is 9.10.